The molecule has 1 aromatic heterocycles. The average molecular weight is 336 g/mol. The van der Waals surface area contributed by atoms with Crippen LogP contribution in [0.3, 0.4) is 0 Å². The van der Waals surface area contributed by atoms with Crippen LogP contribution >= 0.6 is 11.6 Å². The molecule has 0 spiro atoms. The molecule has 3 N–H and O–H groups in total. The minimum absolute atomic E-state index is 0.293. The maximum Gasteiger partial charge on any atom is 0.252 e. The Bertz CT molecular complexity index is 713. The van der Waals surface area contributed by atoms with E-state index in [0.717, 1.165) is 5.56 Å². The lowest BCUT2D eigenvalue weighted by Crippen LogP contribution is -2.16. The highest BCUT2D eigenvalue weighted by atomic mass is 35.5. The fourth-order valence-electron chi connectivity index (χ4n) is 2.07. The van der Waals surface area contributed by atoms with Gasteiger partial charge in [0.2, 0.25) is 0 Å². The molecule has 0 aliphatic carbocycles. The van der Waals surface area contributed by atoms with Crippen molar-refractivity contribution < 1.29 is 14.3 Å². The first-order valence-electron chi connectivity index (χ1n) is 6.87. The number of methoxy groups -OCH3 is 2. The second-order valence-corrected chi connectivity index (χ2v) is 5.29. The third-order valence-corrected chi connectivity index (χ3v) is 3.67. The van der Waals surface area contributed by atoms with E-state index in [9.17, 15) is 4.79 Å². The Labute approximate surface area is 139 Å². The average Bonchev–Trinajstić information content (AvgIpc) is 2.54. The number of nitrogens with zero attached hydrogens (tertiary/aromatic N) is 1. The van der Waals surface area contributed by atoms with Gasteiger partial charge in [-0.3, -0.25) is 4.79 Å². The van der Waals surface area contributed by atoms with E-state index < -0.39 is 5.91 Å². The zero-order valence-electron chi connectivity index (χ0n) is 13.1. The number of hydrogen-bond acceptors (Lipinski definition) is 5. The van der Waals surface area contributed by atoms with Crippen LogP contribution in [0.5, 0.6) is 11.5 Å². The molecule has 23 heavy (non-hydrogen) atoms. The molecule has 6 nitrogen and oxygen atoms in total. The lowest BCUT2D eigenvalue weighted by atomic mass is 10.1. The van der Waals surface area contributed by atoms with Crippen LogP contribution in [0.2, 0.25) is 5.15 Å². The normalized spacial score (nSPS) is 10.3. The number of carbonyl (C=O) groups is 1. The van der Waals surface area contributed by atoms with E-state index in [2.05, 4.69) is 10.3 Å². The molecule has 0 saturated carbocycles. The third-order valence-electron chi connectivity index (χ3n) is 3.29. The largest absolute Gasteiger partial charge is 0.497 e. The van der Waals surface area contributed by atoms with E-state index in [1.54, 1.807) is 33.3 Å². The Morgan fingerprint density at radius 1 is 1.22 bits per heavy atom. The number of anilines is 1. The number of rotatable bonds is 6. The molecule has 0 saturated heterocycles. The minimum Gasteiger partial charge on any atom is -0.497 e. The Balaban J connectivity index is 2.27. The van der Waals surface area contributed by atoms with E-state index in [1.165, 1.54) is 0 Å². The fourth-order valence-corrected chi connectivity index (χ4v) is 2.21. The van der Waals surface area contributed by atoms with Crippen molar-refractivity contribution in [1.29, 1.82) is 0 Å². The van der Waals surface area contributed by atoms with Crippen LogP contribution in [0.15, 0.2) is 24.3 Å². The highest BCUT2D eigenvalue weighted by Gasteiger charge is 2.13. The molecular weight excluding hydrogens is 318 g/mol. The SMILES string of the molecule is COc1cc(CNc2nc(Cl)c(C)cc2C(N)=O)cc(OC)c1. The topological polar surface area (TPSA) is 86.5 Å². The number of nitrogens with two attached hydrogens (primary N) is 1. The molecule has 0 aliphatic heterocycles. The van der Waals surface area contributed by atoms with E-state index in [1.807, 2.05) is 12.1 Å². The predicted octanol–water partition coefficient (Wildman–Crippen LogP) is 2.77. The lowest BCUT2D eigenvalue weighted by molar-refractivity contribution is 0.100. The lowest BCUT2D eigenvalue weighted by Gasteiger charge is -2.12. The highest BCUT2D eigenvalue weighted by molar-refractivity contribution is 6.30. The summed E-state index contributed by atoms with van der Waals surface area (Å²) >= 11 is 6.02. The molecule has 2 rings (SSSR count). The number of hydrogen-bond donors (Lipinski definition) is 2. The number of aromatic nitrogens is 1. The van der Waals surface area contributed by atoms with Gasteiger partial charge in [-0.1, -0.05) is 11.6 Å². The Morgan fingerprint density at radius 3 is 2.35 bits per heavy atom. The maximum absolute atomic E-state index is 11.6. The van der Waals surface area contributed by atoms with Gasteiger partial charge in [0.25, 0.3) is 5.91 Å². The standard InChI is InChI=1S/C16H18ClN3O3/c1-9-4-13(15(18)21)16(20-14(9)17)19-8-10-5-11(22-2)7-12(6-10)23-3/h4-7H,8H2,1-3H3,(H2,18,21)(H,19,20). The molecule has 1 aromatic carbocycles. The second-order valence-electron chi connectivity index (χ2n) is 4.93. The first-order chi connectivity index (χ1) is 10.9. The highest BCUT2D eigenvalue weighted by Crippen LogP contribution is 2.25. The quantitative estimate of drug-likeness (QED) is 0.793. The van der Waals surface area contributed by atoms with E-state index in [0.29, 0.717) is 40.1 Å². The molecule has 0 aliphatic rings. The zero-order valence-corrected chi connectivity index (χ0v) is 13.9. The Kier molecular flexibility index (Phi) is 5.28. The predicted molar refractivity (Wildman–Crippen MR) is 89.4 cm³/mol. The molecule has 0 atom stereocenters. The monoisotopic (exact) mass is 335 g/mol. The van der Waals surface area contributed by atoms with Crippen LogP contribution < -0.4 is 20.5 Å². The molecule has 2 aromatic rings. The van der Waals surface area contributed by atoms with Crippen molar-refractivity contribution in [2.24, 2.45) is 5.73 Å². The van der Waals surface area contributed by atoms with E-state index >= 15 is 0 Å². The van der Waals surface area contributed by atoms with Gasteiger partial charge < -0.3 is 20.5 Å². The molecule has 0 fully saturated rings. The second kappa shape index (κ2) is 7.19. The fraction of sp³-hybridized carbons (Fsp3) is 0.250. The molecule has 1 heterocycles. The van der Waals surface area contributed by atoms with Crippen LogP contribution in [-0.2, 0) is 6.54 Å². The maximum atomic E-state index is 11.6. The number of benzene rings is 1. The molecule has 7 heteroatoms. The number of halogens is 1. The number of amides is 1. The van der Waals surface area contributed by atoms with Gasteiger partial charge in [0.15, 0.2) is 0 Å². The summed E-state index contributed by atoms with van der Waals surface area (Å²) in [5.41, 5.74) is 7.27. The number of aryl methyl sites for hydroxylation is 1. The first-order valence-corrected chi connectivity index (χ1v) is 7.25. The molecular formula is C16H18ClN3O3. The summed E-state index contributed by atoms with van der Waals surface area (Å²) in [5.74, 6) is 1.12. The van der Waals surface area contributed by atoms with Crippen molar-refractivity contribution in [1.82, 2.24) is 4.98 Å². The van der Waals surface area contributed by atoms with E-state index in [-0.39, 0.29) is 0 Å². The van der Waals surface area contributed by atoms with Gasteiger partial charge in [0.1, 0.15) is 22.5 Å². The Hall–Kier alpha value is -2.47. The minimum atomic E-state index is -0.567. The van der Waals surface area contributed by atoms with Gasteiger partial charge in [-0.2, -0.15) is 0 Å². The van der Waals surface area contributed by atoms with Crippen LogP contribution in [0, 0.1) is 6.92 Å². The molecule has 1 amide bonds. The van der Waals surface area contributed by atoms with Gasteiger partial charge in [-0.25, -0.2) is 4.98 Å². The molecule has 122 valence electrons. The number of primary amides is 1. The van der Waals surface area contributed by atoms with Crippen LogP contribution in [0.1, 0.15) is 21.5 Å². The molecule has 0 radical (unpaired) electrons. The third kappa shape index (κ3) is 4.04. The molecule has 0 bridgehead atoms. The van der Waals surface area contributed by atoms with Crippen molar-refractivity contribution in [3.8, 4) is 11.5 Å². The number of ether oxygens (including phenoxy) is 2. The Morgan fingerprint density at radius 2 is 1.83 bits per heavy atom. The van der Waals surface area contributed by atoms with Gasteiger partial charge in [0, 0.05) is 12.6 Å². The number of nitrogens with one attached hydrogen (secondary N) is 1. The number of carbonyl (C=O) groups excluding carboxylic acids is 1. The van der Waals surface area contributed by atoms with E-state index in [4.69, 9.17) is 26.8 Å². The summed E-state index contributed by atoms with van der Waals surface area (Å²) in [6.07, 6.45) is 0. The summed E-state index contributed by atoms with van der Waals surface area (Å²) in [6.45, 7) is 2.17. The van der Waals surface area contributed by atoms with Gasteiger partial charge in [-0.15, -0.1) is 0 Å². The van der Waals surface area contributed by atoms with Crippen molar-refractivity contribution in [3.63, 3.8) is 0 Å². The van der Waals surface area contributed by atoms with Crippen LogP contribution in [0.4, 0.5) is 5.82 Å². The first kappa shape index (κ1) is 16.9. The zero-order chi connectivity index (χ0) is 17.0. The van der Waals surface area contributed by atoms with Crippen molar-refractivity contribution in [2.75, 3.05) is 19.5 Å². The van der Waals surface area contributed by atoms with Crippen molar-refractivity contribution in [3.05, 3.63) is 46.1 Å². The van der Waals surface area contributed by atoms with Gasteiger partial charge in [-0.05, 0) is 36.2 Å². The van der Waals surface area contributed by atoms with Gasteiger partial charge in [0.05, 0.1) is 19.8 Å². The summed E-state index contributed by atoms with van der Waals surface area (Å²) in [4.78, 5) is 15.7. The van der Waals surface area contributed by atoms with Crippen molar-refractivity contribution in [2.45, 2.75) is 13.5 Å². The van der Waals surface area contributed by atoms with Crippen LogP contribution in [0.25, 0.3) is 0 Å². The van der Waals surface area contributed by atoms with Crippen LogP contribution in [-0.4, -0.2) is 25.1 Å². The smallest absolute Gasteiger partial charge is 0.252 e. The molecule has 0 unspecified atom stereocenters. The summed E-state index contributed by atoms with van der Waals surface area (Å²) in [7, 11) is 3.16. The number of pyridine rings is 1. The summed E-state index contributed by atoms with van der Waals surface area (Å²) < 4.78 is 10.5. The summed E-state index contributed by atoms with van der Waals surface area (Å²) in [5, 5.41) is 3.39. The van der Waals surface area contributed by atoms with Crippen molar-refractivity contribution >= 4 is 23.3 Å². The summed E-state index contributed by atoms with van der Waals surface area (Å²) in [6, 6.07) is 7.11. The van der Waals surface area contributed by atoms with Gasteiger partial charge >= 0.3 is 0 Å².